The standard InChI is InChI=1S/C15H24O/c1-13-7-5-6-10-15(13)12-16-11-14-8-3-2-4-9-14/h2-3,8,13,15H,4-7,9-12H2,1H3. The molecule has 1 nitrogen and oxygen atoms in total. The molecule has 2 unspecified atom stereocenters. The molecule has 0 amide bonds. The van der Waals surface area contributed by atoms with Crippen LogP contribution in [0.2, 0.25) is 0 Å². The lowest BCUT2D eigenvalue weighted by molar-refractivity contribution is 0.0756. The number of ether oxygens (including phenoxy) is 1. The molecular formula is C15H24O. The normalized spacial score (nSPS) is 30.2. The van der Waals surface area contributed by atoms with Crippen molar-refractivity contribution in [3.63, 3.8) is 0 Å². The molecule has 0 aromatic heterocycles. The zero-order chi connectivity index (χ0) is 11.2. The van der Waals surface area contributed by atoms with Gasteiger partial charge in [0.1, 0.15) is 0 Å². The molecule has 0 saturated heterocycles. The summed E-state index contributed by atoms with van der Waals surface area (Å²) in [6.45, 7) is 4.21. The molecule has 0 bridgehead atoms. The van der Waals surface area contributed by atoms with Crippen LogP contribution in [0.15, 0.2) is 23.8 Å². The number of hydrogen-bond acceptors (Lipinski definition) is 1. The van der Waals surface area contributed by atoms with Gasteiger partial charge in [-0.15, -0.1) is 0 Å². The van der Waals surface area contributed by atoms with Gasteiger partial charge in [-0.2, -0.15) is 0 Å². The van der Waals surface area contributed by atoms with Gasteiger partial charge in [0.2, 0.25) is 0 Å². The highest BCUT2D eigenvalue weighted by Crippen LogP contribution is 2.29. The topological polar surface area (TPSA) is 9.23 Å². The molecule has 2 atom stereocenters. The third-order valence-corrected chi connectivity index (χ3v) is 4.01. The smallest absolute Gasteiger partial charge is 0.0680 e. The average molecular weight is 220 g/mol. The van der Waals surface area contributed by atoms with Crippen LogP contribution in [0.1, 0.15) is 45.4 Å². The minimum absolute atomic E-state index is 0.813. The molecule has 1 saturated carbocycles. The van der Waals surface area contributed by atoms with Crippen molar-refractivity contribution in [2.45, 2.75) is 45.4 Å². The number of rotatable bonds is 4. The van der Waals surface area contributed by atoms with E-state index in [9.17, 15) is 0 Å². The van der Waals surface area contributed by atoms with Gasteiger partial charge in [0, 0.05) is 0 Å². The monoisotopic (exact) mass is 220 g/mol. The molecule has 0 aromatic rings. The van der Waals surface area contributed by atoms with Gasteiger partial charge in [-0.25, -0.2) is 0 Å². The second kappa shape index (κ2) is 6.24. The van der Waals surface area contributed by atoms with E-state index in [1.807, 2.05) is 0 Å². The van der Waals surface area contributed by atoms with Crippen LogP contribution in [0.25, 0.3) is 0 Å². The summed E-state index contributed by atoms with van der Waals surface area (Å²) in [5.41, 5.74) is 1.46. The van der Waals surface area contributed by atoms with E-state index in [2.05, 4.69) is 25.2 Å². The van der Waals surface area contributed by atoms with Gasteiger partial charge in [-0.05, 0) is 36.7 Å². The van der Waals surface area contributed by atoms with E-state index >= 15 is 0 Å². The van der Waals surface area contributed by atoms with Crippen LogP contribution in [0.3, 0.4) is 0 Å². The Balaban J connectivity index is 1.67. The van der Waals surface area contributed by atoms with Crippen LogP contribution in [-0.4, -0.2) is 13.2 Å². The van der Waals surface area contributed by atoms with Crippen LogP contribution >= 0.6 is 0 Å². The first-order valence-electron chi connectivity index (χ1n) is 6.78. The van der Waals surface area contributed by atoms with E-state index in [1.54, 1.807) is 0 Å². The SMILES string of the molecule is CC1CCCCC1COCC1=CC=CCC1. The second-order valence-electron chi connectivity index (χ2n) is 5.33. The van der Waals surface area contributed by atoms with Gasteiger partial charge in [0.25, 0.3) is 0 Å². The van der Waals surface area contributed by atoms with Crippen molar-refractivity contribution in [2.75, 3.05) is 13.2 Å². The molecule has 1 fully saturated rings. The van der Waals surface area contributed by atoms with Crippen LogP contribution < -0.4 is 0 Å². The van der Waals surface area contributed by atoms with E-state index in [4.69, 9.17) is 4.74 Å². The molecule has 0 N–H and O–H groups in total. The Labute approximate surface area is 99.6 Å². The van der Waals surface area contributed by atoms with Crippen LogP contribution in [0, 0.1) is 11.8 Å². The maximum absolute atomic E-state index is 5.88. The molecule has 90 valence electrons. The summed E-state index contributed by atoms with van der Waals surface area (Å²) >= 11 is 0. The fourth-order valence-corrected chi connectivity index (χ4v) is 2.75. The second-order valence-corrected chi connectivity index (χ2v) is 5.33. The summed E-state index contributed by atoms with van der Waals surface area (Å²) in [5, 5.41) is 0. The van der Waals surface area contributed by atoms with E-state index in [-0.39, 0.29) is 0 Å². The van der Waals surface area contributed by atoms with Gasteiger partial charge in [0.05, 0.1) is 13.2 Å². The summed E-state index contributed by atoms with van der Waals surface area (Å²) in [6, 6.07) is 0. The van der Waals surface area contributed by atoms with Crippen molar-refractivity contribution in [3.8, 4) is 0 Å². The van der Waals surface area contributed by atoms with E-state index in [0.717, 1.165) is 25.0 Å². The molecule has 2 rings (SSSR count). The van der Waals surface area contributed by atoms with E-state index in [1.165, 1.54) is 44.1 Å². The summed E-state index contributed by atoms with van der Waals surface area (Å²) in [7, 11) is 0. The van der Waals surface area contributed by atoms with Crippen LogP contribution in [0.4, 0.5) is 0 Å². The van der Waals surface area contributed by atoms with Gasteiger partial charge in [0.15, 0.2) is 0 Å². The van der Waals surface area contributed by atoms with Crippen molar-refractivity contribution >= 4 is 0 Å². The number of allylic oxidation sites excluding steroid dienone is 3. The Bertz CT molecular complexity index is 265. The summed E-state index contributed by atoms with van der Waals surface area (Å²) in [6.07, 6.45) is 14.6. The number of hydrogen-bond donors (Lipinski definition) is 0. The fourth-order valence-electron chi connectivity index (χ4n) is 2.75. The van der Waals surface area contributed by atoms with Crippen LogP contribution in [-0.2, 0) is 4.74 Å². The minimum atomic E-state index is 0.813. The average Bonchev–Trinajstić information content (AvgIpc) is 2.33. The largest absolute Gasteiger partial charge is 0.377 e. The maximum atomic E-state index is 5.88. The Morgan fingerprint density at radius 2 is 2.19 bits per heavy atom. The first-order chi connectivity index (χ1) is 7.86. The Morgan fingerprint density at radius 1 is 1.31 bits per heavy atom. The molecule has 0 heterocycles. The van der Waals surface area contributed by atoms with Crippen molar-refractivity contribution < 1.29 is 4.74 Å². The summed E-state index contributed by atoms with van der Waals surface area (Å²) in [4.78, 5) is 0. The predicted molar refractivity (Wildman–Crippen MR) is 68.4 cm³/mol. The Morgan fingerprint density at radius 3 is 2.94 bits per heavy atom. The fraction of sp³-hybridized carbons (Fsp3) is 0.733. The molecule has 0 radical (unpaired) electrons. The highest BCUT2D eigenvalue weighted by atomic mass is 16.5. The lowest BCUT2D eigenvalue weighted by atomic mass is 9.81. The third kappa shape index (κ3) is 3.48. The quantitative estimate of drug-likeness (QED) is 0.693. The zero-order valence-electron chi connectivity index (χ0n) is 10.5. The van der Waals surface area contributed by atoms with Gasteiger partial charge < -0.3 is 4.74 Å². The first kappa shape index (κ1) is 11.9. The van der Waals surface area contributed by atoms with Crippen molar-refractivity contribution in [1.82, 2.24) is 0 Å². The van der Waals surface area contributed by atoms with Crippen molar-refractivity contribution in [3.05, 3.63) is 23.8 Å². The van der Waals surface area contributed by atoms with E-state index < -0.39 is 0 Å². The molecule has 2 aliphatic rings. The first-order valence-corrected chi connectivity index (χ1v) is 6.78. The molecular weight excluding hydrogens is 196 g/mol. The third-order valence-electron chi connectivity index (χ3n) is 4.01. The molecule has 2 aliphatic carbocycles. The van der Waals surface area contributed by atoms with Crippen LogP contribution in [0.5, 0.6) is 0 Å². The van der Waals surface area contributed by atoms with Gasteiger partial charge >= 0.3 is 0 Å². The Kier molecular flexibility index (Phi) is 4.65. The highest BCUT2D eigenvalue weighted by Gasteiger charge is 2.21. The summed E-state index contributed by atoms with van der Waals surface area (Å²) in [5.74, 6) is 1.68. The van der Waals surface area contributed by atoms with Gasteiger partial charge in [-0.1, -0.05) is 44.4 Å². The Hall–Kier alpha value is -0.560. The molecule has 1 heteroatoms. The molecule has 0 spiro atoms. The minimum Gasteiger partial charge on any atom is -0.377 e. The summed E-state index contributed by atoms with van der Waals surface area (Å²) < 4.78 is 5.88. The van der Waals surface area contributed by atoms with Crippen molar-refractivity contribution in [1.29, 1.82) is 0 Å². The zero-order valence-corrected chi connectivity index (χ0v) is 10.5. The maximum Gasteiger partial charge on any atom is 0.0680 e. The molecule has 16 heavy (non-hydrogen) atoms. The molecule has 0 aliphatic heterocycles. The lowest BCUT2D eigenvalue weighted by Crippen LogP contribution is -2.22. The van der Waals surface area contributed by atoms with Crippen molar-refractivity contribution in [2.24, 2.45) is 11.8 Å². The predicted octanol–water partition coefficient (Wildman–Crippen LogP) is 4.11. The molecule has 0 aromatic carbocycles. The van der Waals surface area contributed by atoms with Gasteiger partial charge in [-0.3, -0.25) is 0 Å². The van der Waals surface area contributed by atoms with E-state index in [0.29, 0.717) is 0 Å². The lowest BCUT2D eigenvalue weighted by Gasteiger charge is -2.28. The highest BCUT2D eigenvalue weighted by molar-refractivity contribution is 5.17.